The Kier molecular flexibility index (Phi) is 5.30. The van der Waals surface area contributed by atoms with E-state index >= 15 is 0 Å². The molecular weight excluding hydrogens is 374 g/mol. The molecule has 2 aliphatic rings. The highest BCUT2D eigenvalue weighted by molar-refractivity contribution is 5.88. The second-order valence-electron chi connectivity index (χ2n) is 8.73. The van der Waals surface area contributed by atoms with Gasteiger partial charge in [0.25, 0.3) is 0 Å². The fourth-order valence-corrected chi connectivity index (χ4v) is 5.31. The highest BCUT2D eigenvalue weighted by Gasteiger charge is 2.45. The van der Waals surface area contributed by atoms with E-state index in [2.05, 4.69) is 44.6 Å². The molecule has 0 N–H and O–H groups in total. The minimum Gasteiger partial charge on any atom is -0.379 e. The van der Waals surface area contributed by atoms with Gasteiger partial charge in [-0.1, -0.05) is 43.2 Å². The van der Waals surface area contributed by atoms with Crippen LogP contribution in [0.5, 0.6) is 0 Å². The molecular formula is C25H29N3O2. The van der Waals surface area contributed by atoms with Gasteiger partial charge < -0.3 is 14.0 Å². The first kappa shape index (κ1) is 19.3. The van der Waals surface area contributed by atoms with Crippen LogP contribution >= 0.6 is 0 Å². The number of benzene rings is 1. The van der Waals surface area contributed by atoms with Crippen LogP contribution in [0.1, 0.15) is 36.9 Å². The van der Waals surface area contributed by atoms with Gasteiger partial charge in [-0.2, -0.15) is 0 Å². The van der Waals surface area contributed by atoms with Crippen LogP contribution in [-0.4, -0.2) is 46.5 Å². The van der Waals surface area contributed by atoms with Crippen LogP contribution in [0, 0.1) is 5.92 Å². The number of carbonyl (C=O) groups excluding carboxylic acids is 1. The zero-order valence-corrected chi connectivity index (χ0v) is 17.4. The molecule has 5 nitrogen and oxygen atoms in total. The number of hydrogen-bond acceptors (Lipinski definition) is 3. The van der Waals surface area contributed by atoms with Crippen LogP contribution in [0.4, 0.5) is 0 Å². The van der Waals surface area contributed by atoms with Gasteiger partial charge in [-0.15, -0.1) is 0 Å². The molecule has 1 aliphatic carbocycles. The lowest BCUT2D eigenvalue weighted by Gasteiger charge is -2.35. The molecule has 1 aliphatic heterocycles. The number of rotatable bonds is 4. The van der Waals surface area contributed by atoms with Crippen molar-refractivity contribution in [3.05, 3.63) is 72.3 Å². The molecule has 1 saturated carbocycles. The number of nitrogens with zero attached hydrogens (tertiary/aromatic N) is 3. The first-order valence-electron chi connectivity index (χ1n) is 11.1. The van der Waals surface area contributed by atoms with Crippen molar-refractivity contribution in [1.82, 2.24) is 14.3 Å². The van der Waals surface area contributed by atoms with Crippen molar-refractivity contribution in [3.63, 3.8) is 0 Å². The predicted octanol–water partition coefficient (Wildman–Crippen LogP) is 3.86. The summed E-state index contributed by atoms with van der Waals surface area (Å²) in [5, 5.41) is 0. The number of carbonyl (C=O) groups is 1. The molecule has 1 atom stereocenters. The maximum absolute atomic E-state index is 13.9. The largest absolute Gasteiger partial charge is 0.379 e. The van der Waals surface area contributed by atoms with Crippen LogP contribution < -0.4 is 0 Å². The van der Waals surface area contributed by atoms with Crippen LogP contribution in [-0.2, 0) is 21.4 Å². The summed E-state index contributed by atoms with van der Waals surface area (Å²) >= 11 is 0. The molecule has 156 valence electrons. The molecule has 1 saturated heterocycles. The first-order valence-corrected chi connectivity index (χ1v) is 11.1. The zero-order valence-electron chi connectivity index (χ0n) is 17.4. The van der Waals surface area contributed by atoms with Gasteiger partial charge in [0.2, 0.25) is 5.91 Å². The predicted molar refractivity (Wildman–Crippen MR) is 116 cm³/mol. The highest BCUT2D eigenvalue weighted by atomic mass is 16.5. The molecule has 2 aromatic heterocycles. The van der Waals surface area contributed by atoms with Gasteiger partial charge in [-0.05, 0) is 37.0 Å². The minimum atomic E-state index is -0.365. The molecule has 2 fully saturated rings. The fraction of sp³-hybridized carbons (Fsp3) is 0.440. The summed E-state index contributed by atoms with van der Waals surface area (Å²) in [5.41, 5.74) is 3.02. The highest BCUT2D eigenvalue weighted by Crippen LogP contribution is 2.42. The van der Waals surface area contributed by atoms with Gasteiger partial charge in [-0.25, -0.2) is 0 Å². The molecule has 1 aromatic carbocycles. The summed E-state index contributed by atoms with van der Waals surface area (Å²) in [6, 6.07) is 14.6. The van der Waals surface area contributed by atoms with Crippen molar-refractivity contribution < 1.29 is 9.53 Å². The second-order valence-corrected chi connectivity index (χ2v) is 8.73. The molecule has 5 heteroatoms. The van der Waals surface area contributed by atoms with Gasteiger partial charge in [0.1, 0.15) is 0 Å². The summed E-state index contributed by atoms with van der Waals surface area (Å²) in [4.78, 5) is 20.6. The first-order chi connectivity index (χ1) is 14.8. The summed E-state index contributed by atoms with van der Waals surface area (Å²) < 4.78 is 8.03. The van der Waals surface area contributed by atoms with Gasteiger partial charge >= 0.3 is 0 Å². The minimum absolute atomic E-state index is 0.249. The molecule has 0 bridgehead atoms. The molecule has 0 radical (unpaired) electrons. The third-order valence-electron chi connectivity index (χ3n) is 6.83. The Bertz CT molecular complexity index is 1010. The standard InChI is InChI=1S/C25H29N3O2/c29-24(25(10-4-5-11-25)21-7-2-1-3-8-21)28-15-16-30-19-20(18-28)17-22-23-9-6-13-27(23)14-12-26-22/h1-3,6-9,12-14,20H,4-5,10-11,15-19H2/t20-/m1/s1. The summed E-state index contributed by atoms with van der Waals surface area (Å²) in [7, 11) is 0. The Morgan fingerprint density at radius 3 is 2.77 bits per heavy atom. The van der Waals surface area contributed by atoms with Gasteiger partial charge in [0, 0.05) is 37.6 Å². The van der Waals surface area contributed by atoms with Crippen molar-refractivity contribution in [1.29, 1.82) is 0 Å². The van der Waals surface area contributed by atoms with Crippen molar-refractivity contribution >= 4 is 11.4 Å². The van der Waals surface area contributed by atoms with Gasteiger partial charge in [0.05, 0.1) is 29.8 Å². The SMILES string of the molecule is O=C(N1CCOC[C@H](Cc2nccn3cccc23)C1)C1(c2ccccc2)CCCC1. The number of amides is 1. The maximum Gasteiger partial charge on any atom is 0.233 e. The van der Waals surface area contributed by atoms with Gasteiger partial charge in [0.15, 0.2) is 0 Å². The molecule has 5 rings (SSSR count). The average Bonchev–Trinajstić information content (AvgIpc) is 3.41. The Balaban J connectivity index is 1.39. The number of hydrogen-bond donors (Lipinski definition) is 0. The fourth-order valence-electron chi connectivity index (χ4n) is 5.31. The van der Waals surface area contributed by atoms with E-state index in [0.717, 1.165) is 49.9 Å². The van der Waals surface area contributed by atoms with Crippen molar-refractivity contribution in [2.75, 3.05) is 26.3 Å². The molecule has 0 spiro atoms. The summed E-state index contributed by atoms with van der Waals surface area (Å²) in [6.07, 6.45) is 10.8. The summed E-state index contributed by atoms with van der Waals surface area (Å²) in [6.45, 7) is 2.69. The Morgan fingerprint density at radius 1 is 1.10 bits per heavy atom. The van der Waals surface area contributed by atoms with E-state index < -0.39 is 0 Å². The molecule has 3 heterocycles. The third kappa shape index (κ3) is 3.52. The third-order valence-corrected chi connectivity index (χ3v) is 6.83. The zero-order chi connectivity index (χ0) is 20.4. The molecule has 0 unspecified atom stereocenters. The van der Waals surface area contributed by atoms with Crippen LogP contribution in [0.2, 0.25) is 0 Å². The Morgan fingerprint density at radius 2 is 1.93 bits per heavy atom. The number of aromatic nitrogens is 2. The lowest BCUT2D eigenvalue weighted by Crippen LogP contribution is -2.47. The van der Waals surface area contributed by atoms with Crippen LogP contribution in [0.15, 0.2) is 61.1 Å². The molecule has 1 amide bonds. The molecule has 3 aromatic rings. The van der Waals surface area contributed by atoms with Crippen LogP contribution in [0.3, 0.4) is 0 Å². The number of fused-ring (bicyclic) bond motifs is 1. The Hall–Kier alpha value is -2.66. The quantitative estimate of drug-likeness (QED) is 0.665. The summed E-state index contributed by atoms with van der Waals surface area (Å²) in [5.74, 6) is 0.537. The van der Waals surface area contributed by atoms with Crippen LogP contribution in [0.25, 0.3) is 5.52 Å². The Labute approximate surface area is 177 Å². The normalized spacial score (nSPS) is 21.6. The van der Waals surface area contributed by atoms with E-state index in [1.165, 1.54) is 5.56 Å². The van der Waals surface area contributed by atoms with E-state index in [1.807, 2.05) is 30.7 Å². The lowest BCUT2D eigenvalue weighted by atomic mass is 9.77. The van der Waals surface area contributed by atoms with E-state index in [9.17, 15) is 4.79 Å². The smallest absolute Gasteiger partial charge is 0.233 e. The van der Waals surface area contributed by atoms with Crippen molar-refractivity contribution in [2.24, 2.45) is 5.92 Å². The van der Waals surface area contributed by atoms with Crippen molar-refractivity contribution in [2.45, 2.75) is 37.5 Å². The molecule has 30 heavy (non-hydrogen) atoms. The average molecular weight is 404 g/mol. The van der Waals surface area contributed by atoms with E-state index in [-0.39, 0.29) is 17.2 Å². The second kappa shape index (κ2) is 8.23. The monoisotopic (exact) mass is 403 g/mol. The van der Waals surface area contributed by atoms with E-state index in [1.54, 1.807) is 0 Å². The number of ether oxygens (including phenoxy) is 1. The maximum atomic E-state index is 13.9. The lowest BCUT2D eigenvalue weighted by molar-refractivity contribution is -0.137. The van der Waals surface area contributed by atoms with E-state index in [0.29, 0.717) is 19.8 Å². The topological polar surface area (TPSA) is 46.8 Å². The van der Waals surface area contributed by atoms with E-state index in [4.69, 9.17) is 4.74 Å². The van der Waals surface area contributed by atoms with Gasteiger partial charge in [-0.3, -0.25) is 9.78 Å². The van der Waals surface area contributed by atoms with Crippen molar-refractivity contribution in [3.8, 4) is 0 Å².